The first kappa shape index (κ1) is 20.4. The van der Waals surface area contributed by atoms with E-state index < -0.39 is 10.0 Å². The quantitative estimate of drug-likeness (QED) is 0.625. The molecule has 0 saturated carbocycles. The highest BCUT2D eigenvalue weighted by Crippen LogP contribution is 2.29. The molecule has 1 N–H and O–H groups in total. The molecule has 5 nitrogen and oxygen atoms in total. The number of hydrogen-bond donors (Lipinski definition) is 1. The summed E-state index contributed by atoms with van der Waals surface area (Å²) in [6, 6.07) is 11.3. The molecular formula is C20H21FN2O3S2. The molecule has 0 saturated heterocycles. The van der Waals surface area contributed by atoms with Crippen molar-refractivity contribution in [1.82, 2.24) is 9.71 Å². The van der Waals surface area contributed by atoms with Gasteiger partial charge in [0.2, 0.25) is 10.0 Å². The molecule has 0 aliphatic heterocycles. The number of methoxy groups -OCH3 is 1. The van der Waals surface area contributed by atoms with Crippen LogP contribution >= 0.6 is 11.3 Å². The van der Waals surface area contributed by atoms with E-state index in [-0.39, 0.29) is 17.3 Å². The standard InChI is InChI=1S/C20H21FN2O3S2/c1-13-7-8-17(26-3)19(11-13)28(24,25)22-10-9-18-14(2)23-20(27-18)15-5-4-6-16(21)12-15/h4-8,11-12,22H,9-10H2,1-3H3. The molecule has 8 heteroatoms. The zero-order valence-electron chi connectivity index (χ0n) is 15.8. The fraction of sp³-hybridized carbons (Fsp3) is 0.250. The van der Waals surface area contributed by atoms with Gasteiger partial charge in [0.15, 0.2) is 0 Å². The fourth-order valence-electron chi connectivity index (χ4n) is 2.78. The summed E-state index contributed by atoms with van der Waals surface area (Å²) in [5.74, 6) is -0.00720. The summed E-state index contributed by atoms with van der Waals surface area (Å²) in [6.45, 7) is 3.92. The number of halogens is 1. The van der Waals surface area contributed by atoms with E-state index in [1.54, 1.807) is 30.3 Å². The van der Waals surface area contributed by atoms with Gasteiger partial charge in [-0.25, -0.2) is 22.5 Å². The summed E-state index contributed by atoms with van der Waals surface area (Å²) in [5, 5.41) is 0.718. The van der Waals surface area contributed by atoms with Crippen LogP contribution in [0.25, 0.3) is 10.6 Å². The van der Waals surface area contributed by atoms with Crippen molar-refractivity contribution in [3.05, 3.63) is 64.4 Å². The number of sulfonamides is 1. The van der Waals surface area contributed by atoms with Gasteiger partial charge >= 0.3 is 0 Å². The molecule has 0 fully saturated rings. The van der Waals surface area contributed by atoms with Gasteiger partial charge in [-0.05, 0) is 50.1 Å². The minimum absolute atomic E-state index is 0.122. The largest absolute Gasteiger partial charge is 0.495 e. The molecule has 2 aromatic carbocycles. The van der Waals surface area contributed by atoms with Crippen LogP contribution in [0.5, 0.6) is 5.75 Å². The summed E-state index contributed by atoms with van der Waals surface area (Å²) in [7, 11) is -2.26. The summed E-state index contributed by atoms with van der Waals surface area (Å²) in [6.07, 6.45) is 0.492. The van der Waals surface area contributed by atoms with Crippen LogP contribution in [0.15, 0.2) is 47.4 Å². The van der Waals surface area contributed by atoms with Crippen LogP contribution in [0, 0.1) is 19.7 Å². The van der Waals surface area contributed by atoms with Crippen LogP contribution in [0.2, 0.25) is 0 Å². The van der Waals surface area contributed by atoms with Gasteiger partial charge in [-0.3, -0.25) is 0 Å². The Bertz CT molecular complexity index is 1090. The molecule has 3 aromatic rings. The lowest BCUT2D eigenvalue weighted by atomic mass is 10.2. The molecule has 0 unspecified atom stereocenters. The third kappa shape index (κ3) is 4.57. The molecule has 0 atom stereocenters. The minimum Gasteiger partial charge on any atom is -0.495 e. The number of benzene rings is 2. The maximum absolute atomic E-state index is 13.4. The second-order valence-electron chi connectivity index (χ2n) is 6.34. The summed E-state index contributed by atoms with van der Waals surface area (Å²) < 4.78 is 46.5. The summed E-state index contributed by atoms with van der Waals surface area (Å²) >= 11 is 1.44. The number of ether oxygens (including phenoxy) is 1. The van der Waals surface area contributed by atoms with E-state index in [0.29, 0.717) is 17.7 Å². The fourth-order valence-corrected chi connectivity index (χ4v) is 5.12. The Balaban J connectivity index is 1.72. The average Bonchev–Trinajstić information content (AvgIpc) is 3.02. The zero-order chi connectivity index (χ0) is 20.3. The molecule has 0 spiro atoms. The number of rotatable bonds is 7. The second-order valence-corrected chi connectivity index (χ2v) is 9.16. The smallest absolute Gasteiger partial charge is 0.244 e. The highest BCUT2D eigenvalue weighted by atomic mass is 32.2. The van der Waals surface area contributed by atoms with Crippen molar-refractivity contribution in [3.8, 4) is 16.3 Å². The predicted octanol–water partition coefficient (Wildman–Crippen LogP) is 4.10. The van der Waals surface area contributed by atoms with E-state index in [1.165, 1.54) is 30.6 Å². The molecule has 3 rings (SSSR count). The van der Waals surface area contributed by atoms with Crippen molar-refractivity contribution < 1.29 is 17.5 Å². The second kappa shape index (κ2) is 8.38. The number of aromatic nitrogens is 1. The van der Waals surface area contributed by atoms with Crippen molar-refractivity contribution in [2.45, 2.75) is 25.2 Å². The molecule has 28 heavy (non-hydrogen) atoms. The van der Waals surface area contributed by atoms with E-state index in [9.17, 15) is 12.8 Å². The third-order valence-electron chi connectivity index (χ3n) is 4.22. The lowest BCUT2D eigenvalue weighted by molar-refractivity contribution is 0.402. The third-order valence-corrected chi connectivity index (χ3v) is 6.97. The molecular weight excluding hydrogens is 399 g/mol. The molecule has 0 amide bonds. The number of nitrogens with one attached hydrogen (secondary N) is 1. The molecule has 1 aromatic heterocycles. The van der Waals surface area contributed by atoms with Crippen molar-refractivity contribution in [3.63, 3.8) is 0 Å². The number of hydrogen-bond acceptors (Lipinski definition) is 5. The first-order valence-electron chi connectivity index (χ1n) is 8.66. The highest BCUT2D eigenvalue weighted by molar-refractivity contribution is 7.89. The van der Waals surface area contributed by atoms with Crippen LogP contribution < -0.4 is 9.46 Å². The van der Waals surface area contributed by atoms with Gasteiger partial charge in [-0.1, -0.05) is 18.2 Å². The summed E-state index contributed by atoms with van der Waals surface area (Å²) in [4.78, 5) is 5.57. The Kier molecular flexibility index (Phi) is 6.12. The van der Waals surface area contributed by atoms with E-state index in [0.717, 1.165) is 21.1 Å². The van der Waals surface area contributed by atoms with Gasteiger partial charge in [-0.2, -0.15) is 0 Å². The summed E-state index contributed by atoms with van der Waals surface area (Å²) in [5.41, 5.74) is 2.36. The van der Waals surface area contributed by atoms with Gasteiger partial charge < -0.3 is 4.74 Å². The number of nitrogens with zero attached hydrogens (tertiary/aromatic N) is 1. The number of thiazole rings is 1. The SMILES string of the molecule is COc1ccc(C)cc1S(=O)(=O)NCCc1sc(-c2cccc(F)c2)nc1C. The van der Waals surface area contributed by atoms with E-state index in [2.05, 4.69) is 9.71 Å². The van der Waals surface area contributed by atoms with Crippen LogP contribution in [-0.2, 0) is 16.4 Å². The molecule has 0 bridgehead atoms. The number of aryl methyl sites for hydroxylation is 2. The van der Waals surface area contributed by atoms with Crippen molar-refractivity contribution in [1.29, 1.82) is 0 Å². The monoisotopic (exact) mass is 420 g/mol. The normalized spacial score (nSPS) is 11.6. The van der Waals surface area contributed by atoms with Gasteiger partial charge in [0.05, 0.1) is 12.8 Å². The van der Waals surface area contributed by atoms with Gasteiger partial charge in [-0.15, -0.1) is 11.3 Å². The highest BCUT2D eigenvalue weighted by Gasteiger charge is 2.20. The molecule has 0 aliphatic rings. The first-order chi connectivity index (χ1) is 13.3. The van der Waals surface area contributed by atoms with Crippen LogP contribution in [-0.4, -0.2) is 27.1 Å². The Hall–Kier alpha value is -2.29. The van der Waals surface area contributed by atoms with Crippen molar-refractivity contribution in [2.75, 3.05) is 13.7 Å². The molecule has 0 aliphatic carbocycles. The molecule has 148 valence electrons. The van der Waals surface area contributed by atoms with Crippen molar-refractivity contribution >= 4 is 21.4 Å². The van der Waals surface area contributed by atoms with Crippen LogP contribution in [0.1, 0.15) is 16.1 Å². The average molecular weight is 421 g/mol. The minimum atomic E-state index is -3.70. The van der Waals surface area contributed by atoms with Gasteiger partial charge in [0.25, 0.3) is 0 Å². The zero-order valence-corrected chi connectivity index (χ0v) is 17.5. The van der Waals surface area contributed by atoms with E-state index in [1.807, 2.05) is 13.8 Å². The Morgan fingerprint density at radius 2 is 1.96 bits per heavy atom. The Labute approximate surface area is 168 Å². The maximum atomic E-state index is 13.4. The van der Waals surface area contributed by atoms with Gasteiger partial charge in [0.1, 0.15) is 21.5 Å². The van der Waals surface area contributed by atoms with E-state index in [4.69, 9.17) is 4.74 Å². The van der Waals surface area contributed by atoms with Gasteiger partial charge in [0, 0.05) is 17.0 Å². The predicted molar refractivity (Wildman–Crippen MR) is 109 cm³/mol. The Morgan fingerprint density at radius 1 is 1.18 bits per heavy atom. The van der Waals surface area contributed by atoms with Crippen LogP contribution in [0.3, 0.4) is 0 Å². The topological polar surface area (TPSA) is 68.3 Å². The van der Waals surface area contributed by atoms with E-state index >= 15 is 0 Å². The van der Waals surface area contributed by atoms with Crippen LogP contribution in [0.4, 0.5) is 4.39 Å². The molecule has 0 radical (unpaired) electrons. The lowest BCUT2D eigenvalue weighted by Crippen LogP contribution is -2.26. The van der Waals surface area contributed by atoms with Crippen molar-refractivity contribution in [2.24, 2.45) is 0 Å². The first-order valence-corrected chi connectivity index (χ1v) is 11.0. The maximum Gasteiger partial charge on any atom is 0.244 e. The Morgan fingerprint density at radius 3 is 2.68 bits per heavy atom. The molecule has 1 heterocycles. The lowest BCUT2D eigenvalue weighted by Gasteiger charge is -2.11.